The van der Waals surface area contributed by atoms with Gasteiger partial charge in [-0.2, -0.15) is 5.10 Å². The van der Waals surface area contributed by atoms with E-state index in [1.165, 1.54) is 6.21 Å². The van der Waals surface area contributed by atoms with Gasteiger partial charge in [-0.25, -0.2) is 5.43 Å². The van der Waals surface area contributed by atoms with Gasteiger partial charge in [-0.05, 0) is 29.7 Å². The number of hydrogen-bond acceptors (Lipinski definition) is 4. The molecule has 0 aliphatic heterocycles. The molecule has 0 saturated heterocycles. The van der Waals surface area contributed by atoms with Crippen LogP contribution in [-0.4, -0.2) is 23.8 Å². The Morgan fingerprint density at radius 2 is 1.92 bits per heavy atom. The number of nitrogens with one attached hydrogen (secondary N) is 2. The van der Waals surface area contributed by atoms with E-state index in [1.807, 2.05) is 42.5 Å². The Kier molecular flexibility index (Phi) is 5.30. The van der Waals surface area contributed by atoms with Crippen molar-refractivity contribution in [3.05, 3.63) is 70.7 Å². The molecule has 0 aromatic heterocycles. The third kappa shape index (κ3) is 4.36. The number of aromatic hydroxyl groups is 1. The molecule has 0 unspecified atom stereocenters. The van der Waals surface area contributed by atoms with Crippen molar-refractivity contribution in [1.29, 1.82) is 0 Å². The Labute approximate surface area is 153 Å². The van der Waals surface area contributed by atoms with Gasteiger partial charge in [0.15, 0.2) is 0 Å². The van der Waals surface area contributed by atoms with Crippen LogP contribution in [0.15, 0.2) is 70.2 Å². The van der Waals surface area contributed by atoms with Crippen LogP contribution in [0.2, 0.25) is 0 Å². The molecule has 0 spiro atoms. The Bertz CT molecular complexity index is 936. The van der Waals surface area contributed by atoms with E-state index >= 15 is 0 Å². The van der Waals surface area contributed by atoms with Gasteiger partial charge in [-0.3, -0.25) is 4.79 Å². The predicted molar refractivity (Wildman–Crippen MR) is 104 cm³/mol. The number of carbonyl (C=O) groups excluding carboxylic acids is 1. The summed E-state index contributed by atoms with van der Waals surface area (Å²) < 4.78 is 0.815. The quantitative estimate of drug-likeness (QED) is 0.451. The molecule has 0 saturated carbocycles. The van der Waals surface area contributed by atoms with Crippen LogP contribution in [0.25, 0.3) is 10.8 Å². The second kappa shape index (κ2) is 7.81. The molecule has 0 bridgehead atoms. The van der Waals surface area contributed by atoms with Crippen LogP contribution in [-0.2, 0) is 4.79 Å². The number of amides is 1. The highest BCUT2D eigenvalue weighted by Crippen LogP contribution is 2.22. The highest BCUT2D eigenvalue weighted by molar-refractivity contribution is 9.10. The second-order valence-corrected chi connectivity index (χ2v) is 6.29. The van der Waals surface area contributed by atoms with E-state index in [2.05, 4.69) is 31.8 Å². The normalized spacial score (nSPS) is 10.9. The van der Waals surface area contributed by atoms with Crippen LogP contribution in [0.5, 0.6) is 5.75 Å². The fraction of sp³-hybridized carbons (Fsp3) is 0.0526. The van der Waals surface area contributed by atoms with Gasteiger partial charge >= 0.3 is 0 Å². The topological polar surface area (TPSA) is 73.7 Å². The van der Waals surface area contributed by atoms with Gasteiger partial charge in [0.2, 0.25) is 0 Å². The van der Waals surface area contributed by atoms with Crippen LogP contribution in [0.3, 0.4) is 0 Å². The van der Waals surface area contributed by atoms with Gasteiger partial charge in [0.05, 0.1) is 12.8 Å². The number of carbonyl (C=O) groups is 1. The minimum atomic E-state index is -0.279. The molecule has 0 atom stereocenters. The molecule has 126 valence electrons. The Morgan fingerprint density at radius 3 is 2.80 bits per heavy atom. The summed E-state index contributed by atoms with van der Waals surface area (Å²) in [6.45, 7) is 0.0931. The van der Waals surface area contributed by atoms with E-state index in [0.717, 1.165) is 20.9 Å². The summed E-state index contributed by atoms with van der Waals surface area (Å²) in [5.74, 6) is -0.186. The van der Waals surface area contributed by atoms with Crippen LogP contribution >= 0.6 is 15.9 Å². The van der Waals surface area contributed by atoms with E-state index in [1.54, 1.807) is 18.2 Å². The van der Waals surface area contributed by atoms with Crippen molar-refractivity contribution in [2.24, 2.45) is 5.10 Å². The van der Waals surface area contributed by atoms with E-state index in [9.17, 15) is 9.90 Å². The first kappa shape index (κ1) is 17.0. The molecule has 0 radical (unpaired) electrons. The maximum atomic E-state index is 11.9. The molecule has 0 heterocycles. The molecular formula is C19H16BrN3O2. The van der Waals surface area contributed by atoms with Crippen LogP contribution < -0.4 is 10.7 Å². The zero-order chi connectivity index (χ0) is 17.6. The Hall–Kier alpha value is -2.86. The number of anilines is 1. The van der Waals surface area contributed by atoms with Gasteiger partial charge in [0.1, 0.15) is 5.75 Å². The minimum absolute atomic E-state index is 0.0927. The largest absolute Gasteiger partial charge is 0.507 e. The summed E-state index contributed by atoms with van der Waals surface area (Å²) in [5.41, 5.74) is 3.84. The van der Waals surface area contributed by atoms with Crippen molar-refractivity contribution in [1.82, 2.24) is 5.43 Å². The highest BCUT2D eigenvalue weighted by atomic mass is 79.9. The van der Waals surface area contributed by atoms with E-state index in [4.69, 9.17) is 0 Å². The fourth-order valence-electron chi connectivity index (χ4n) is 2.40. The smallest absolute Gasteiger partial charge is 0.259 e. The molecule has 25 heavy (non-hydrogen) atoms. The SMILES string of the molecule is O=C(CNc1cccc2ccccc12)N/N=C\c1cc(Br)ccc1O. The van der Waals surface area contributed by atoms with E-state index in [-0.39, 0.29) is 18.2 Å². The van der Waals surface area contributed by atoms with Crippen molar-refractivity contribution in [3.63, 3.8) is 0 Å². The molecule has 6 heteroatoms. The average Bonchev–Trinajstić information content (AvgIpc) is 2.63. The predicted octanol–water partition coefficient (Wildman–Crippen LogP) is 3.87. The molecule has 0 aliphatic rings. The Morgan fingerprint density at radius 1 is 1.12 bits per heavy atom. The van der Waals surface area contributed by atoms with Crippen molar-refractivity contribution in [2.75, 3.05) is 11.9 Å². The molecule has 3 N–H and O–H groups in total. The first-order valence-corrected chi connectivity index (χ1v) is 8.45. The number of nitrogens with zero attached hydrogens (tertiary/aromatic N) is 1. The van der Waals surface area contributed by atoms with Crippen molar-refractivity contribution in [3.8, 4) is 5.75 Å². The number of hydrogen-bond donors (Lipinski definition) is 3. The zero-order valence-corrected chi connectivity index (χ0v) is 14.8. The standard InChI is InChI=1S/C19H16BrN3O2/c20-15-8-9-18(24)14(10-15)11-22-23-19(25)12-21-17-7-3-5-13-4-1-2-6-16(13)17/h1-11,21,24H,12H2,(H,23,25)/b22-11-. The third-order valence-electron chi connectivity index (χ3n) is 3.61. The lowest BCUT2D eigenvalue weighted by Crippen LogP contribution is -2.25. The first-order chi connectivity index (χ1) is 12.1. The number of rotatable bonds is 5. The molecular weight excluding hydrogens is 382 g/mol. The molecule has 0 fully saturated rings. The fourth-order valence-corrected chi connectivity index (χ4v) is 2.78. The monoisotopic (exact) mass is 397 g/mol. The minimum Gasteiger partial charge on any atom is -0.507 e. The maximum Gasteiger partial charge on any atom is 0.259 e. The lowest BCUT2D eigenvalue weighted by atomic mass is 10.1. The molecule has 3 rings (SSSR count). The summed E-state index contributed by atoms with van der Waals surface area (Å²) in [4.78, 5) is 11.9. The summed E-state index contributed by atoms with van der Waals surface area (Å²) >= 11 is 3.32. The number of phenolic OH excluding ortho intramolecular Hbond substituents is 1. The molecule has 0 aliphatic carbocycles. The molecule has 3 aromatic rings. The van der Waals surface area contributed by atoms with Gasteiger partial charge in [0, 0.05) is 21.1 Å². The van der Waals surface area contributed by atoms with Crippen molar-refractivity contribution in [2.45, 2.75) is 0 Å². The average molecular weight is 398 g/mol. The lowest BCUT2D eigenvalue weighted by molar-refractivity contribution is -0.119. The maximum absolute atomic E-state index is 11.9. The molecule has 5 nitrogen and oxygen atoms in total. The molecule has 1 amide bonds. The van der Waals surface area contributed by atoms with Crippen LogP contribution in [0, 0.1) is 0 Å². The lowest BCUT2D eigenvalue weighted by Gasteiger charge is -2.08. The van der Waals surface area contributed by atoms with Gasteiger partial charge in [-0.15, -0.1) is 0 Å². The van der Waals surface area contributed by atoms with Crippen LogP contribution in [0.1, 0.15) is 5.56 Å². The van der Waals surface area contributed by atoms with E-state index < -0.39 is 0 Å². The number of benzene rings is 3. The summed E-state index contributed by atoms with van der Waals surface area (Å²) in [6.07, 6.45) is 1.40. The first-order valence-electron chi connectivity index (χ1n) is 7.65. The third-order valence-corrected chi connectivity index (χ3v) is 4.10. The van der Waals surface area contributed by atoms with Gasteiger partial charge < -0.3 is 10.4 Å². The zero-order valence-electron chi connectivity index (χ0n) is 13.2. The van der Waals surface area contributed by atoms with Crippen molar-refractivity contribution < 1.29 is 9.90 Å². The summed E-state index contributed by atoms with van der Waals surface area (Å²) in [7, 11) is 0. The molecule has 3 aromatic carbocycles. The number of halogens is 1. The number of hydrazone groups is 1. The number of phenols is 1. The Balaban J connectivity index is 1.59. The van der Waals surface area contributed by atoms with Crippen molar-refractivity contribution >= 4 is 44.5 Å². The van der Waals surface area contributed by atoms with E-state index in [0.29, 0.717) is 5.56 Å². The van der Waals surface area contributed by atoms with Gasteiger partial charge in [0.25, 0.3) is 5.91 Å². The number of fused-ring (bicyclic) bond motifs is 1. The second-order valence-electron chi connectivity index (χ2n) is 5.38. The summed E-state index contributed by atoms with van der Waals surface area (Å²) in [6, 6.07) is 18.8. The van der Waals surface area contributed by atoms with Gasteiger partial charge in [-0.1, -0.05) is 52.3 Å². The van der Waals surface area contributed by atoms with Crippen LogP contribution in [0.4, 0.5) is 5.69 Å². The highest BCUT2D eigenvalue weighted by Gasteiger charge is 2.03. The summed E-state index contributed by atoms with van der Waals surface area (Å²) in [5, 5.41) is 18.9.